The Morgan fingerprint density at radius 1 is 0.867 bits per heavy atom. The highest BCUT2D eigenvalue weighted by atomic mass is 32.3. The second-order valence-corrected chi connectivity index (χ2v) is 10.5. The monoisotopic (exact) mass is 444 g/mol. The minimum Gasteiger partial charge on any atom is -0.494 e. The van der Waals surface area contributed by atoms with E-state index in [2.05, 4.69) is 11.7 Å². The molecule has 0 heterocycles. The number of hydrogen-bond donors (Lipinski definition) is 0. The van der Waals surface area contributed by atoms with Crippen LogP contribution in [0.4, 0.5) is 0 Å². The van der Waals surface area contributed by atoms with Gasteiger partial charge in [-0.3, -0.25) is 0 Å². The third-order valence-corrected chi connectivity index (χ3v) is 8.62. The number of benzene rings is 3. The van der Waals surface area contributed by atoms with E-state index < -0.39 is 24.1 Å². The van der Waals surface area contributed by atoms with Crippen molar-refractivity contribution in [2.75, 3.05) is 6.61 Å². The fourth-order valence-corrected chi connectivity index (χ4v) is 6.24. The van der Waals surface area contributed by atoms with Crippen LogP contribution in [0.15, 0.2) is 76.5 Å². The minimum atomic E-state index is -4.60. The standard InChI is InChI=1S/C21H20N2O5S2/c1-2-3-13-28-18-11-9-17-15-20(12-10-16(17)14-18)30(26,27)21(23-22)29(24,25)19-7-5-4-6-8-19/h4-12,14-15H,2-3,13H2,1H3. The molecule has 7 nitrogen and oxygen atoms in total. The molecule has 0 radical (unpaired) electrons. The van der Waals surface area contributed by atoms with Crippen LogP contribution in [0.1, 0.15) is 19.8 Å². The van der Waals surface area contributed by atoms with E-state index in [1.165, 1.54) is 36.4 Å². The van der Waals surface area contributed by atoms with E-state index in [0.29, 0.717) is 17.7 Å². The average molecular weight is 445 g/mol. The zero-order valence-electron chi connectivity index (χ0n) is 16.2. The van der Waals surface area contributed by atoms with Crippen molar-refractivity contribution >= 4 is 34.8 Å². The third-order valence-electron chi connectivity index (χ3n) is 4.46. The van der Waals surface area contributed by atoms with Crippen LogP contribution in [0.2, 0.25) is 0 Å². The molecule has 0 saturated heterocycles. The molecule has 0 fully saturated rings. The van der Waals surface area contributed by atoms with Crippen LogP contribution in [-0.2, 0) is 19.7 Å². The van der Waals surface area contributed by atoms with Crippen LogP contribution >= 0.6 is 0 Å². The SMILES string of the molecule is CCCCOc1ccc2cc(S(=O)(=O)C(=[N+]=[N-])S(=O)(=O)c3ccccc3)ccc2c1. The molecule has 0 atom stereocenters. The summed E-state index contributed by atoms with van der Waals surface area (Å²) in [6, 6.07) is 16.3. The molecule has 3 aromatic carbocycles. The molecule has 9 heteroatoms. The smallest absolute Gasteiger partial charge is 0.494 e. The van der Waals surface area contributed by atoms with E-state index >= 15 is 0 Å². The van der Waals surface area contributed by atoms with Crippen LogP contribution < -0.4 is 4.74 Å². The molecule has 0 spiro atoms. The van der Waals surface area contributed by atoms with Gasteiger partial charge in [0.1, 0.15) is 5.75 Å². The summed E-state index contributed by atoms with van der Waals surface area (Å²) < 4.78 is 55.7. The Morgan fingerprint density at radius 3 is 2.17 bits per heavy atom. The van der Waals surface area contributed by atoms with E-state index in [1.54, 1.807) is 30.3 Å². The van der Waals surface area contributed by atoms with E-state index in [1.807, 2.05) is 0 Å². The molecule has 156 valence electrons. The zero-order chi connectivity index (χ0) is 21.8. The predicted octanol–water partition coefficient (Wildman–Crippen LogP) is 3.85. The number of hydrogen-bond acceptors (Lipinski definition) is 5. The largest absolute Gasteiger partial charge is 0.504 e. The highest BCUT2D eigenvalue weighted by Gasteiger charge is 2.43. The first kappa shape index (κ1) is 21.7. The molecule has 0 aliphatic heterocycles. The van der Waals surface area contributed by atoms with Gasteiger partial charge in [-0.1, -0.05) is 43.7 Å². The Hall–Kier alpha value is -3.00. The number of ether oxygens (including phenoxy) is 1. The third kappa shape index (κ3) is 4.28. The highest BCUT2D eigenvalue weighted by molar-refractivity contribution is 8.31. The van der Waals surface area contributed by atoms with E-state index in [9.17, 15) is 22.4 Å². The van der Waals surface area contributed by atoms with Crippen molar-refractivity contribution in [2.45, 2.75) is 29.6 Å². The van der Waals surface area contributed by atoms with Crippen LogP contribution in [0.3, 0.4) is 0 Å². The maximum atomic E-state index is 13.0. The molecule has 0 saturated carbocycles. The molecule has 0 amide bonds. The van der Waals surface area contributed by atoms with Gasteiger partial charge < -0.3 is 10.3 Å². The molecule has 0 unspecified atom stereocenters. The van der Waals surface area contributed by atoms with Gasteiger partial charge in [0.2, 0.25) is 0 Å². The van der Waals surface area contributed by atoms with Gasteiger partial charge in [0.25, 0.3) is 19.7 Å². The van der Waals surface area contributed by atoms with Crippen molar-refractivity contribution in [1.82, 2.24) is 0 Å². The first-order chi connectivity index (χ1) is 14.3. The number of rotatable bonds is 6. The Morgan fingerprint density at radius 2 is 1.50 bits per heavy atom. The summed E-state index contributed by atoms with van der Waals surface area (Å²) in [4.78, 5) is 2.07. The fraction of sp³-hybridized carbons (Fsp3) is 0.190. The van der Waals surface area contributed by atoms with E-state index in [4.69, 9.17) is 4.74 Å². The second-order valence-electron chi connectivity index (χ2n) is 6.56. The number of nitrogens with zero attached hydrogens (tertiary/aromatic N) is 2. The summed E-state index contributed by atoms with van der Waals surface area (Å²) in [7, 11) is -9.13. The zero-order valence-corrected chi connectivity index (χ0v) is 17.9. The number of sulfone groups is 2. The van der Waals surface area contributed by atoms with Crippen molar-refractivity contribution < 1.29 is 26.4 Å². The summed E-state index contributed by atoms with van der Waals surface area (Å²) in [6.45, 7) is 2.65. The Labute approximate surface area is 175 Å². The predicted molar refractivity (Wildman–Crippen MR) is 114 cm³/mol. The summed E-state index contributed by atoms with van der Waals surface area (Å²) in [6.07, 6.45) is 1.93. The normalized spacial score (nSPS) is 11.8. The quantitative estimate of drug-likeness (QED) is 0.188. The lowest BCUT2D eigenvalue weighted by Crippen LogP contribution is -2.26. The average Bonchev–Trinajstić information content (AvgIpc) is 2.74. The van der Waals surface area contributed by atoms with Crippen LogP contribution in [0.5, 0.6) is 5.75 Å². The maximum absolute atomic E-state index is 13.0. The molecular formula is C21H20N2O5S2. The number of fused-ring (bicyclic) bond motifs is 1. The molecule has 3 rings (SSSR count). The lowest BCUT2D eigenvalue weighted by atomic mass is 10.1. The molecule has 0 bridgehead atoms. The van der Waals surface area contributed by atoms with Crippen LogP contribution in [0.25, 0.3) is 16.3 Å². The van der Waals surface area contributed by atoms with Crippen molar-refractivity contribution in [2.24, 2.45) is 0 Å². The van der Waals surface area contributed by atoms with Crippen LogP contribution in [-0.4, -0.2) is 32.6 Å². The van der Waals surface area contributed by atoms with Crippen molar-refractivity contribution in [3.63, 3.8) is 0 Å². The molecule has 0 N–H and O–H groups in total. The minimum absolute atomic E-state index is 0.281. The molecule has 30 heavy (non-hydrogen) atoms. The number of unbranched alkanes of at least 4 members (excludes halogenated alkanes) is 1. The van der Waals surface area contributed by atoms with Gasteiger partial charge in [-0.05, 0) is 53.6 Å². The van der Waals surface area contributed by atoms with Crippen molar-refractivity contribution in [3.05, 3.63) is 72.3 Å². The van der Waals surface area contributed by atoms with Crippen molar-refractivity contribution in [3.8, 4) is 5.75 Å². The van der Waals surface area contributed by atoms with Gasteiger partial charge in [0.15, 0.2) is 0 Å². The van der Waals surface area contributed by atoms with Gasteiger partial charge in [0, 0.05) is 0 Å². The topological polar surface area (TPSA) is 114 Å². The Bertz CT molecular complexity index is 1330. The maximum Gasteiger partial charge on any atom is 0.504 e. The van der Waals surface area contributed by atoms with Gasteiger partial charge in [0.05, 0.1) is 16.4 Å². The van der Waals surface area contributed by atoms with Crippen molar-refractivity contribution in [1.29, 1.82) is 0 Å². The van der Waals surface area contributed by atoms with E-state index in [-0.39, 0.29) is 9.79 Å². The molecule has 3 aromatic rings. The Kier molecular flexibility index (Phi) is 6.36. The fourth-order valence-electron chi connectivity index (χ4n) is 2.85. The summed E-state index contributed by atoms with van der Waals surface area (Å²) >= 11 is 0. The van der Waals surface area contributed by atoms with E-state index in [0.717, 1.165) is 18.2 Å². The Balaban J connectivity index is 2.00. The van der Waals surface area contributed by atoms with Gasteiger partial charge >= 0.3 is 4.38 Å². The summed E-state index contributed by atoms with van der Waals surface area (Å²) in [5, 5.41) is 1.31. The first-order valence-electron chi connectivity index (χ1n) is 9.24. The lowest BCUT2D eigenvalue weighted by Gasteiger charge is -2.08. The molecular weight excluding hydrogens is 424 g/mol. The van der Waals surface area contributed by atoms with Gasteiger partial charge in [-0.15, -0.1) is 4.79 Å². The van der Waals surface area contributed by atoms with Crippen LogP contribution in [0, 0.1) is 0 Å². The molecule has 0 aliphatic carbocycles. The highest BCUT2D eigenvalue weighted by Crippen LogP contribution is 2.26. The molecule has 0 aromatic heterocycles. The summed E-state index contributed by atoms with van der Waals surface area (Å²) in [5.41, 5.74) is 9.29. The first-order valence-corrected chi connectivity index (χ1v) is 12.2. The van der Waals surface area contributed by atoms with Gasteiger partial charge in [-0.2, -0.15) is 0 Å². The van der Waals surface area contributed by atoms with Gasteiger partial charge in [-0.25, -0.2) is 16.8 Å². The lowest BCUT2D eigenvalue weighted by molar-refractivity contribution is 0.00380. The summed E-state index contributed by atoms with van der Waals surface area (Å²) in [5.74, 6) is 0.663. The second kappa shape index (κ2) is 8.79. The molecule has 0 aliphatic rings.